The highest BCUT2D eigenvalue weighted by molar-refractivity contribution is 5.16. The van der Waals surface area contributed by atoms with Crippen LogP contribution < -0.4 is 0 Å². The molecule has 0 aliphatic carbocycles. The number of ether oxygens (including phenoxy) is 2. The Hall–Kier alpha value is -0.900. The predicted octanol–water partition coefficient (Wildman–Crippen LogP) is 2.12. The van der Waals surface area contributed by atoms with Crippen molar-refractivity contribution in [2.45, 2.75) is 26.2 Å². The van der Waals surface area contributed by atoms with Crippen LogP contribution >= 0.6 is 0 Å². The molecule has 0 saturated carbocycles. The molecular weight excluding hydrogens is 192 g/mol. The molecule has 1 aliphatic rings. The Balaban J connectivity index is 0.000000531. The first kappa shape index (κ1) is 12.2. The van der Waals surface area contributed by atoms with Crippen LogP contribution in [0.3, 0.4) is 0 Å². The summed E-state index contributed by atoms with van der Waals surface area (Å²) < 4.78 is 10.6. The minimum atomic E-state index is -0.486. The SMILES string of the molecule is CC.OC1COC(c2ccccc2)OC1. The Labute approximate surface area is 90.6 Å². The minimum absolute atomic E-state index is 0.315. The van der Waals surface area contributed by atoms with Crippen LogP contribution in [0.2, 0.25) is 0 Å². The van der Waals surface area contributed by atoms with Crippen LogP contribution in [0, 0.1) is 0 Å². The molecule has 0 aromatic heterocycles. The molecule has 0 radical (unpaired) electrons. The molecule has 1 aromatic rings. The smallest absolute Gasteiger partial charge is 0.184 e. The molecule has 15 heavy (non-hydrogen) atoms. The quantitative estimate of drug-likeness (QED) is 0.771. The second kappa shape index (κ2) is 6.56. The molecule has 1 fully saturated rings. The molecule has 1 aromatic carbocycles. The Morgan fingerprint density at radius 1 is 1.07 bits per heavy atom. The van der Waals surface area contributed by atoms with E-state index >= 15 is 0 Å². The Morgan fingerprint density at radius 2 is 1.60 bits per heavy atom. The molecule has 3 nitrogen and oxygen atoms in total. The monoisotopic (exact) mass is 210 g/mol. The second-order valence-electron chi connectivity index (χ2n) is 3.06. The van der Waals surface area contributed by atoms with Gasteiger partial charge in [-0.15, -0.1) is 0 Å². The summed E-state index contributed by atoms with van der Waals surface area (Å²) in [5.74, 6) is 0. The van der Waals surface area contributed by atoms with E-state index in [0.717, 1.165) is 5.56 Å². The zero-order valence-corrected chi connectivity index (χ0v) is 9.22. The lowest BCUT2D eigenvalue weighted by molar-refractivity contribution is -0.220. The first-order valence-electron chi connectivity index (χ1n) is 5.32. The van der Waals surface area contributed by atoms with Gasteiger partial charge in [-0.1, -0.05) is 44.2 Å². The summed E-state index contributed by atoms with van der Waals surface area (Å²) in [6.07, 6.45) is -0.801. The summed E-state index contributed by atoms with van der Waals surface area (Å²) in [5.41, 5.74) is 0.995. The van der Waals surface area contributed by atoms with Crippen LogP contribution in [0.5, 0.6) is 0 Å². The lowest BCUT2D eigenvalue weighted by Gasteiger charge is -2.26. The lowest BCUT2D eigenvalue weighted by Crippen LogP contribution is -2.30. The highest BCUT2D eigenvalue weighted by Crippen LogP contribution is 2.22. The van der Waals surface area contributed by atoms with Crippen molar-refractivity contribution in [3.8, 4) is 0 Å². The van der Waals surface area contributed by atoms with E-state index in [1.54, 1.807) is 0 Å². The van der Waals surface area contributed by atoms with E-state index in [4.69, 9.17) is 14.6 Å². The van der Waals surface area contributed by atoms with Crippen LogP contribution in [0.4, 0.5) is 0 Å². The third-order valence-corrected chi connectivity index (χ3v) is 1.95. The van der Waals surface area contributed by atoms with Gasteiger partial charge in [0.15, 0.2) is 6.29 Å². The molecule has 0 unspecified atom stereocenters. The predicted molar refractivity (Wildman–Crippen MR) is 58.4 cm³/mol. The van der Waals surface area contributed by atoms with Gasteiger partial charge in [0.05, 0.1) is 13.2 Å². The fourth-order valence-electron chi connectivity index (χ4n) is 1.30. The van der Waals surface area contributed by atoms with Crippen molar-refractivity contribution in [3.05, 3.63) is 35.9 Å². The van der Waals surface area contributed by atoms with Crippen molar-refractivity contribution in [1.82, 2.24) is 0 Å². The van der Waals surface area contributed by atoms with Gasteiger partial charge < -0.3 is 14.6 Å². The van der Waals surface area contributed by atoms with E-state index < -0.39 is 6.10 Å². The van der Waals surface area contributed by atoms with Crippen LogP contribution in [-0.2, 0) is 9.47 Å². The first-order valence-corrected chi connectivity index (χ1v) is 5.32. The summed E-state index contributed by atoms with van der Waals surface area (Å²) in [4.78, 5) is 0. The summed E-state index contributed by atoms with van der Waals surface area (Å²) in [7, 11) is 0. The summed E-state index contributed by atoms with van der Waals surface area (Å²) in [6, 6.07) is 9.71. The molecule has 84 valence electrons. The Bertz CT molecular complexity index is 253. The van der Waals surface area contributed by atoms with Gasteiger partial charge in [0.2, 0.25) is 0 Å². The topological polar surface area (TPSA) is 38.7 Å². The first-order chi connectivity index (χ1) is 7.36. The third-order valence-electron chi connectivity index (χ3n) is 1.95. The zero-order valence-electron chi connectivity index (χ0n) is 9.22. The minimum Gasteiger partial charge on any atom is -0.388 e. The fraction of sp³-hybridized carbons (Fsp3) is 0.500. The van der Waals surface area contributed by atoms with Crippen molar-refractivity contribution < 1.29 is 14.6 Å². The number of hydrogen-bond acceptors (Lipinski definition) is 3. The van der Waals surface area contributed by atoms with Crippen LogP contribution in [0.25, 0.3) is 0 Å². The maximum absolute atomic E-state index is 9.12. The highest BCUT2D eigenvalue weighted by atomic mass is 16.7. The Kier molecular flexibility index (Phi) is 5.32. The van der Waals surface area contributed by atoms with Crippen LogP contribution in [-0.4, -0.2) is 24.4 Å². The number of rotatable bonds is 1. The largest absolute Gasteiger partial charge is 0.388 e. The van der Waals surface area contributed by atoms with Gasteiger partial charge in [-0.05, 0) is 0 Å². The maximum atomic E-state index is 9.12. The molecule has 1 saturated heterocycles. The van der Waals surface area contributed by atoms with Gasteiger partial charge in [-0.3, -0.25) is 0 Å². The molecule has 2 rings (SSSR count). The molecular formula is C12H18O3. The van der Waals surface area contributed by atoms with Gasteiger partial charge in [0, 0.05) is 5.56 Å². The van der Waals surface area contributed by atoms with E-state index in [0.29, 0.717) is 13.2 Å². The van der Waals surface area contributed by atoms with Gasteiger partial charge in [-0.25, -0.2) is 0 Å². The number of aliphatic hydroxyl groups excluding tert-OH is 1. The molecule has 1 N–H and O–H groups in total. The van der Waals surface area contributed by atoms with Gasteiger partial charge in [0.1, 0.15) is 6.10 Å². The maximum Gasteiger partial charge on any atom is 0.184 e. The average Bonchev–Trinajstić information content (AvgIpc) is 2.34. The van der Waals surface area contributed by atoms with Crippen molar-refractivity contribution >= 4 is 0 Å². The van der Waals surface area contributed by atoms with E-state index in [-0.39, 0.29) is 6.29 Å². The molecule has 1 aliphatic heterocycles. The van der Waals surface area contributed by atoms with Crippen molar-refractivity contribution in [2.24, 2.45) is 0 Å². The summed E-state index contributed by atoms with van der Waals surface area (Å²) >= 11 is 0. The van der Waals surface area contributed by atoms with Gasteiger partial charge >= 0.3 is 0 Å². The number of aliphatic hydroxyl groups is 1. The number of hydrogen-bond donors (Lipinski definition) is 1. The second-order valence-corrected chi connectivity index (χ2v) is 3.06. The van der Waals surface area contributed by atoms with Gasteiger partial charge in [-0.2, -0.15) is 0 Å². The van der Waals surface area contributed by atoms with Crippen LogP contribution in [0.15, 0.2) is 30.3 Å². The third kappa shape index (κ3) is 3.63. The fourth-order valence-corrected chi connectivity index (χ4v) is 1.30. The van der Waals surface area contributed by atoms with Crippen molar-refractivity contribution in [1.29, 1.82) is 0 Å². The standard InChI is InChI=1S/C10H12O3.C2H6/c11-9-6-12-10(13-7-9)8-4-2-1-3-5-8;1-2/h1-5,9-11H,6-7H2;1-2H3. The van der Waals surface area contributed by atoms with Crippen molar-refractivity contribution in [2.75, 3.05) is 13.2 Å². The molecule has 1 heterocycles. The Morgan fingerprint density at radius 3 is 2.13 bits per heavy atom. The van der Waals surface area contributed by atoms with Gasteiger partial charge in [0.25, 0.3) is 0 Å². The molecule has 3 heteroatoms. The zero-order chi connectivity index (χ0) is 11.1. The highest BCUT2D eigenvalue weighted by Gasteiger charge is 2.21. The average molecular weight is 210 g/mol. The lowest BCUT2D eigenvalue weighted by atomic mass is 10.2. The van der Waals surface area contributed by atoms with E-state index in [9.17, 15) is 0 Å². The van der Waals surface area contributed by atoms with Crippen LogP contribution in [0.1, 0.15) is 25.7 Å². The van der Waals surface area contributed by atoms with Crippen molar-refractivity contribution in [3.63, 3.8) is 0 Å². The molecule has 0 spiro atoms. The summed E-state index contributed by atoms with van der Waals surface area (Å²) in [6.45, 7) is 4.69. The molecule has 0 bridgehead atoms. The van der Waals surface area contributed by atoms with E-state index in [1.165, 1.54) is 0 Å². The molecule has 0 amide bonds. The number of benzene rings is 1. The van der Waals surface area contributed by atoms with E-state index in [2.05, 4.69) is 0 Å². The normalized spacial score (nSPS) is 25.3. The summed E-state index contributed by atoms with van der Waals surface area (Å²) in [5, 5.41) is 9.12. The van der Waals surface area contributed by atoms with E-state index in [1.807, 2.05) is 44.2 Å². The molecule has 0 atom stereocenters.